The summed E-state index contributed by atoms with van der Waals surface area (Å²) in [6.45, 7) is 8.42. The number of hydrogen-bond acceptors (Lipinski definition) is 3. The summed E-state index contributed by atoms with van der Waals surface area (Å²) in [6.07, 6.45) is 1.37. The maximum atomic E-state index is 11.6. The number of benzene rings is 1. The second kappa shape index (κ2) is 6.11. The van der Waals surface area contributed by atoms with E-state index in [0.717, 1.165) is 29.0 Å². The van der Waals surface area contributed by atoms with Gasteiger partial charge in [0.05, 0.1) is 0 Å². The van der Waals surface area contributed by atoms with E-state index in [0.29, 0.717) is 12.2 Å². The van der Waals surface area contributed by atoms with Crippen LogP contribution in [0, 0.1) is 0 Å². The Kier molecular flexibility index (Phi) is 4.13. The van der Waals surface area contributed by atoms with Crippen LogP contribution in [-0.2, 0) is 10.2 Å². The Morgan fingerprint density at radius 2 is 1.96 bits per heavy atom. The third kappa shape index (κ3) is 3.32. The molecule has 126 valence electrons. The Morgan fingerprint density at radius 3 is 2.54 bits per heavy atom. The lowest BCUT2D eigenvalue weighted by atomic mass is 9.93. The molecule has 0 radical (unpaired) electrons. The molecule has 0 unspecified atom stereocenters. The number of hydrogen-bond donors (Lipinski definition) is 2. The number of H-pyrrole nitrogens is 1. The van der Waals surface area contributed by atoms with Crippen molar-refractivity contribution in [2.45, 2.75) is 46.0 Å². The van der Waals surface area contributed by atoms with Gasteiger partial charge in [-0.3, -0.25) is 9.89 Å². The molecule has 6 nitrogen and oxygen atoms in total. The average molecular weight is 325 g/mol. The summed E-state index contributed by atoms with van der Waals surface area (Å²) in [5, 5.41) is 10.6. The minimum absolute atomic E-state index is 0.0287. The summed E-state index contributed by atoms with van der Waals surface area (Å²) in [6, 6.07) is 9.61. The van der Waals surface area contributed by atoms with E-state index in [-0.39, 0.29) is 11.3 Å². The first-order chi connectivity index (χ1) is 11.4. The van der Waals surface area contributed by atoms with Gasteiger partial charge >= 0.3 is 0 Å². The average Bonchev–Trinajstić information content (AvgIpc) is 3.06. The van der Waals surface area contributed by atoms with Gasteiger partial charge < -0.3 is 5.32 Å². The van der Waals surface area contributed by atoms with Crippen molar-refractivity contribution < 1.29 is 4.79 Å². The molecule has 1 amide bonds. The van der Waals surface area contributed by atoms with Crippen molar-refractivity contribution in [3.05, 3.63) is 36.0 Å². The van der Waals surface area contributed by atoms with E-state index in [9.17, 15) is 4.79 Å². The first kappa shape index (κ1) is 16.2. The molecule has 6 heteroatoms. The largest absolute Gasteiger partial charge is 0.326 e. The minimum Gasteiger partial charge on any atom is -0.326 e. The van der Waals surface area contributed by atoms with Crippen molar-refractivity contribution in [1.82, 2.24) is 19.8 Å². The van der Waals surface area contributed by atoms with Crippen LogP contribution in [0.2, 0.25) is 0 Å². The summed E-state index contributed by atoms with van der Waals surface area (Å²) in [5.74, 6) is 0.696. The molecule has 2 heterocycles. The van der Waals surface area contributed by atoms with Crippen LogP contribution in [0.1, 0.15) is 46.2 Å². The third-order valence-corrected chi connectivity index (χ3v) is 3.84. The molecular formula is C18H23N5O. The van der Waals surface area contributed by atoms with Crippen LogP contribution >= 0.6 is 0 Å². The number of fused-ring (bicyclic) bond motifs is 1. The standard InChI is InChI=1S/C18H23N5O/c1-5-6-16(24)19-13-9-7-12(8-10-13)17-20-15-11-14(18(2,3)4)21-23(15)22-17/h7-11,21H,5-6H2,1-4H3,(H,19,24). The second-order valence-electron chi connectivity index (χ2n) is 7.00. The van der Waals surface area contributed by atoms with E-state index in [1.54, 1.807) is 4.63 Å². The van der Waals surface area contributed by atoms with Crippen molar-refractivity contribution in [1.29, 1.82) is 0 Å². The first-order valence-corrected chi connectivity index (χ1v) is 8.23. The first-order valence-electron chi connectivity index (χ1n) is 8.23. The predicted octanol–water partition coefficient (Wildman–Crippen LogP) is 3.76. The molecule has 2 N–H and O–H groups in total. The Labute approximate surface area is 141 Å². The van der Waals surface area contributed by atoms with Gasteiger partial charge in [0.15, 0.2) is 11.5 Å². The summed E-state index contributed by atoms with van der Waals surface area (Å²) in [5.41, 5.74) is 3.63. The molecule has 0 aliphatic rings. The van der Waals surface area contributed by atoms with Crippen LogP contribution in [0.15, 0.2) is 30.3 Å². The number of anilines is 1. The minimum atomic E-state index is 0.0287. The normalized spacial score (nSPS) is 11.8. The molecule has 0 fully saturated rings. The zero-order chi connectivity index (χ0) is 17.3. The Balaban J connectivity index is 1.80. The van der Waals surface area contributed by atoms with Gasteiger partial charge in [0.2, 0.25) is 5.91 Å². The lowest BCUT2D eigenvalue weighted by Crippen LogP contribution is -2.12. The number of carbonyl (C=O) groups excluding carboxylic acids is 1. The molecule has 0 spiro atoms. The van der Waals surface area contributed by atoms with Crippen LogP contribution in [0.25, 0.3) is 17.0 Å². The van der Waals surface area contributed by atoms with Crippen LogP contribution < -0.4 is 5.32 Å². The maximum Gasteiger partial charge on any atom is 0.224 e. The molecule has 3 rings (SSSR count). The molecule has 0 aliphatic heterocycles. The van der Waals surface area contributed by atoms with Gasteiger partial charge in [-0.1, -0.05) is 27.7 Å². The molecule has 0 bridgehead atoms. The lowest BCUT2D eigenvalue weighted by Gasteiger charge is -2.14. The number of amides is 1. The van der Waals surface area contributed by atoms with E-state index >= 15 is 0 Å². The van der Waals surface area contributed by atoms with Crippen LogP contribution in [0.3, 0.4) is 0 Å². The van der Waals surface area contributed by atoms with Gasteiger partial charge in [-0.05, 0) is 30.7 Å². The number of nitrogens with zero attached hydrogens (tertiary/aromatic N) is 3. The van der Waals surface area contributed by atoms with Crippen molar-refractivity contribution >= 4 is 17.2 Å². The van der Waals surface area contributed by atoms with E-state index in [1.165, 1.54) is 0 Å². The van der Waals surface area contributed by atoms with Gasteiger partial charge in [0.1, 0.15) is 0 Å². The zero-order valence-electron chi connectivity index (χ0n) is 14.6. The fraction of sp³-hybridized carbons (Fsp3) is 0.389. The monoisotopic (exact) mass is 325 g/mol. The van der Waals surface area contributed by atoms with Crippen molar-refractivity contribution in [3.8, 4) is 11.4 Å². The predicted molar refractivity (Wildman–Crippen MR) is 95.0 cm³/mol. The molecule has 0 saturated carbocycles. The number of nitrogens with one attached hydrogen (secondary N) is 2. The zero-order valence-corrected chi connectivity index (χ0v) is 14.6. The highest BCUT2D eigenvalue weighted by atomic mass is 16.1. The lowest BCUT2D eigenvalue weighted by molar-refractivity contribution is -0.116. The highest BCUT2D eigenvalue weighted by molar-refractivity contribution is 5.90. The smallest absolute Gasteiger partial charge is 0.224 e. The highest BCUT2D eigenvalue weighted by Crippen LogP contribution is 2.24. The van der Waals surface area contributed by atoms with E-state index in [2.05, 4.69) is 41.3 Å². The van der Waals surface area contributed by atoms with Gasteiger partial charge in [0, 0.05) is 34.8 Å². The molecule has 0 atom stereocenters. The van der Waals surface area contributed by atoms with Gasteiger partial charge in [-0.25, -0.2) is 4.98 Å². The number of aromatic amines is 1. The van der Waals surface area contributed by atoms with E-state index in [1.807, 2.05) is 37.3 Å². The summed E-state index contributed by atoms with van der Waals surface area (Å²) in [4.78, 5) is 16.2. The maximum absolute atomic E-state index is 11.6. The van der Waals surface area contributed by atoms with Gasteiger partial charge in [-0.2, -0.15) is 4.63 Å². The molecule has 3 aromatic rings. The Hall–Kier alpha value is -2.63. The second-order valence-corrected chi connectivity index (χ2v) is 7.00. The van der Waals surface area contributed by atoms with Crippen molar-refractivity contribution in [3.63, 3.8) is 0 Å². The number of rotatable bonds is 4. The molecule has 2 aromatic heterocycles. The summed E-state index contributed by atoms with van der Waals surface area (Å²) in [7, 11) is 0. The van der Waals surface area contributed by atoms with Crippen LogP contribution in [0.5, 0.6) is 0 Å². The SMILES string of the molecule is CCCC(=O)Nc1ccc(-c2nc3cc(C(C)(C)C)[nH]n3n2)cc1. The van der Waals surface area contributed by atoms with Crippen LogP contribution in [-0.4, -0.2) is 25.7 Å². The molecule has 24 heavy (non-hydrogen) atoms. The molecule has 1 aromatic carbocycles. The fourth-order valence-electron chi connectivity index (χ4n) is 2.44. The molecule has 0 saturated heterocycles. The van der Waals surface area contributed by atoms with Gasteiger partial charge in [0.25, 0.3) is 0 Å². The third-order valence-electron chi connectivity index (χ3n) is 3.84. The Morgan fingerprint density at radius 1 is 1.25 bits per heavy atom. The highest BCUT2D eigenvalue weighted by Gasteiger charge is 2.18. The topological polar surface area (TPSA) is 75.1 Å². The quantitative estimate of drug-likeness (QED) is 0.767. The van der Waals surface area contributed by atoms with Crippen molar-refractivity contribution in [2.75, 3.05) is 5.32 Å². The van der Waals surface area contributed by atoms with Gasteiger partial charge in [-0.15, -0.1) is 5.10 Å². The summed E-state index contributed by atoms with van der Waals surface area (Å²) >= 11 is 0. The fourth-order valence-corrected chi connectivity index (χ4v) is 2.44. The van der Waals surface area contributed by atoms with Crippen LogP contribution in [0.4, 0.5) is 5.69 Å². The van der Waals surface area contributed by atoms with Crippen molar-refractivity contribution in [2.24, 2.45) is 0 Å². The molecule has 0 aliphatic carbocycles. The number of aromatic nitrogens is 4. The molecular weight excluding hydrogens is 302 g/mol. The van der Waals surface area contributed by atoms with E-state index < -0.39 is 0 Å². The Bertz CT molecular complexity index is 820. The summed E-state index contributed by atoms with van der Waals surface area (Å²) < 4.78 is 1.70. The number of carbonyl (C=O) groups is 1. The van der Waals surface area contributed by atoms with E-state index in [4.69, 9.17) is 0 Å².